The zero-order valence-electron chi connectivity index (χ0n) is 6.95. The number of nitrogens with one attached hydrogen (secondary N) is 2. The SMILES string of the molecule is Cl.O=C(O)CNCCNCC(=O)O. The van der Waals surface area contributed by atoms with Crippen LogP contribution in [0.5, 0.6) is 0 Å². The average Bonchev–Trinajstić information content (AvgIpc) is 1.95. The van der Waals surface area contributed by atoms with E-state index in [1.54, 1.807) is 0 Å². The maximum atomic E-state index is 9.96. The molecule has 0 fully saturated rings. The van der Waals surface area contributed by atoms with Crippen LogP contribution >= 0.6 is 12.4 Å². The summed E-state index contributed by atoms with van der Waals surface area (Å²) < 4.78 is 0. The van der Waals surface area contributed by atoms with Crippen molar-refractivity contribution in [3.8, 4) is 0 Å². The highest BCUT2D eigenvalue weighted by Crippen LogP contribution is 1.63. The fourth-order valence-electron chi connectivity index (χ4n) is 0.567. The Balaban J connectivity index is 0. The van der Waals surface area contributed by atoms with E-state index in [4.69, 9.17) is 10.2 Å². The average molecular weight is 213 g/mol. The molecule has 0 radical (unpaired) electrons. The lowest BCUT2D eigenvalue weighted by atomic mass is 10.5. The maximum Gasteiger partial charge on any atom is 0.317 e. The summed E-state index contributed by atoms with van der Waals surface area (Å²) in [6, 6.07) is 0. The van der Waals surface area contributed by atoms with Gasteiger partial charge in [-0.2, -0.15) is 0 Å². The molecule has 0 rings (SSSR count). The fraction of sp³-hybridized carbons (Fsp3) is 0.667. The van der Waals surface area contributed by atoms with E-state index in [0.717, 1.165) is 0 Å². The van der Waals surface area contributed by atoms with E-state index >= 15 is 0 Å². The van der Waals surface area contributed by atoms with E-state index in [2.05, 4.69) is 10.6 Å². The summed E-state index contributed by atoms with van der Waals surface area (Å²) in [5.74, 6) is -1.85. The number of carboxylic acids is 2. The maximum absolute atomic E-state index is 9.96. The molecule has 13 heavy (non-hydrogen) atoms. The van der Waals surface area contributed by atoms with Crippen molar-refractivity contribution in [2.45, 2.75) is 0 Å². The highest BCUT2D eigenvalue weighted by molar-refractivity contribution is 5.85. The number of carbonyl (C=O) groups is 2. The van der Waals surface area contributed by atoms with Crippen LogP contribution in [0.1, 0.15) is 0 Å². The summed E-state index contributed by atoms with van der Waals surface area (Å²) in [5.41, 5.74) is 0. The van der Waals surface area contributed by atoms with Gasteiger partial charge in [-0.25, -0.2) is 0 Å². The van der Waals surface area contributed by atoms with Gasteiger partial charge in [0.25, 0.3) is 0 Å². The standard InChI is InChI=1S/C6H12N2O4.ClH/c9-5(10)3-7-1-2-8-4-6(11)12;/h7-8H,1-4H2,(H,9,10)(H,11,12);1H. The van der Waals surface area contributed by atoms with Gasteiger partial charge in [0.1, 0.15) is 0 Å². The molecule has 0 aliphatic rings. The van der Waals surface area contributed by atoms with Crippen molar-refractivity contribution in [1.29, 1.82) is 0 Å². The van der Waals surface area contributed by atoms with Crippen molar-refractivity contribution in [3.63, 3.8) is 0 Å². The van der Waals surface area contributed by atoms with E-state index < -0.39 is 11.9 Å². The van der Waals surface area contributed by atoms with Crippen molar-refractivity contribution in [2.75, 3.05) is 26.2 Å². The van der Waals surface area contributed by atoms with Gasteiger partial charge in [0.05, 0.1) is 13.1 Å². The van der Waals surface area contributed by atoms with Gasteiger partial charge in [-0.05, 0) is 0 Å². The molecule has 0 unspecified atom stereocenters. The fourth-order valence-corrected chi connectivity index (χ4v) is 0.567. The van der Waals surface area contributed by atoms with Crippen molar-refractivity contribution < 1.29 is 19.8 Å². The molecule has 0 bridgehead atoms. The van der Waals surface area contributed by atoms with Crippen LogP contribution in [0.25, 0.3) is 0 Å². The molecule has 0 aromatic rings. The summed E-state index contributed by atoms with van der Waals surface area (Å²) in [5, 5.41) is 21.6. The Morgan fingerprint density at radius 3 is 1.46 bits per heavy atom. The molecular weight excluding hydrogens is 200 g/mol. The first-order chi connectivity index (χ1) is 5.63. The van der Waals surface area contributed by atoms with Crippen molar-refractivity contribution in [2.24, 2.45) is 0 Å². The lowest BCUT2D eigenvalue weighted by Crippen LogP contribution is -2.33. The summed E-state index contributed by atoms with van der Waals surface area (Å²) in [6.07, 6.45) is 0. The first-order valence-electron chi connectivity index (χ1n) is 3.48. The Labute approximate surface area is 81.7 Å². The van der Waals surface area contributed by atoms with Crippen LogP contribution in [0.15, 0.2) is 0 Å². The van der Waals surface area contributed by atoms with Gasteiger partial charge >= 0.3 is 11.9 Å². The molecule has 4 N–H and O–H groups in total. The zero-order chi connectivity index (χ0) is 9.40. The Morgan fingerprint density at radius 1 is 0.923 bits per heavy atom. The van der Waals surface area contributed by atoms with Crippen LogP contribution in [0.4, 0.5) is 0 Å². The van der Waals surface area contributed by atoms with Gasteiger partial charge in [0.15, 0.2) is 0 Å². The largest absolute Gasteiger partial charge is 0.480 e. The van der Waals surface area contributed by atoms with Crippen LogP contribution in [0, 0.1) is 0 Å². The van der Waals surface area contributed by atoms with E-state index in [-0.39, 0.29) is 25.5 Å². The van der Waals surface area contributed by atoms with E-state index in [1.165, 1.54) is 0 Å². The van der Waals surface area contributed by atoms with Crippen LogP contribution in [-0.2, 0) is 9.59 Å². The van der Waals surface area contributed by atoms with E-state index in [1.807, 2.05) is 0 Å². The van der Waals surface area contributed by atoms with Crippen LogP contribution < -0.4 is 10.6 Å². The normalized spacial score (nSPS) is 8.92. The number of aliphatic carboxylic acids is 2. The zero-order valence-corrected chi connectivity index (χ0v) is 7.76. The van der Waals surface area contributed by atoms with Gasteiger partial charge in [-0.15, -0.1) is 12.4 Å². The molecule has 0 aliphatic carbocycles. The van der Waals surface area contributed by atoms with Gasteiger partial charge in [-0.1, -0.05) is 0 Å². The Morgan fingerprint density at radius 2 is 1.23 bits per heavy atom. The lowest BCUT2D eigenvalue weighted by molar-refractivity contribution is -0.137. The predicted molar refractivity (Wildman–Crippen MR) is 48.3 cm³/mol. The summed E-state index contributed by atoms with van der Waals surface area (Å²) >= 11 is 0. The highest BCUT2D eigenvalue weighted by atomic mass is 35.5. The molecule has 0 aliphatic heterocycles. The minimum Gasteiger partial charge on any atom is -0.480 e. The van der Waals surface area contributed by atoms with Gasteiger partial charge < -0.3 is 20.8 Å². The molecule has 0 spiro atoms. The topological polar surface area (TPSA) is 98.7 Å². The minimum absolute atomic E-state index is 0. The third kappa shape index (κ3) is 14.1. The quantitative estimate of drug-likeness (QED) is 0.394. The lowest BCUT2D eigenvalue weighted by Gasteiger charge is -2.01. The number of carboxylic acid groups (broad SMARTS) is 2. The molecule has 0 heterocycles. The minimum atomic E-state index is -0.923. The summed E-state index contributed by atoms with van der Waals surface area (Å²) in [6.45, 7) is 0.683. The Bertz CT molecular complexity index is 147. The van der Waals surface area contributed by atoms with Crippen LogP contribution in [0.2, 0.25) is 0 Å². The van der Waals surface area contributed by atoms with Gasteiger partial charge in [0, 0.05) is 13.1 Å². The van der Waals surface area contributed by atoms with Crippen molar-refractivity contribution >= 4 is 24.3 Å². The second-order valence-electron chi connectivity index (χ2n) is 2.14. The molecule has 78 valence electrons. The molecule has 6 nitrogen and oxygen atoms in total. The molecule has 0 aromatic heterocycles. The number of hydrogen-bond donors (Lipinski definition) is 4. The molecule has 0 saturated heterocycles. The molecule has 7 heteroatoms. The molecule has 0 amide bonds. The molecule has 0 aromatic carbocycles. The molecular formula is C6H13ClN2O4. The first kappa shape index (κ1) is 14.7. The van der Waals surface area contributed by atoms with Gasteiger partial charge in [0.2, 0.25) is 0 Å². The second kappa shape index (κ2) is 9.24. The monoisotopic (exact) mass is 212 g/mol. The van der Waals surface area contributed by atoms with E-state index in [9.17, 15) is 9.59 Å². The third-order valence-electron chi connectivity index (χ3n) is 1.03. The number of hydrogen-bond acceptors (Lipinski definition) is 4. The van der Waals surface area contributed by atoms with Crippen LogP contribution in [-0.4, -0.2) is 48.3 Å². The second-order valence-corrected chi connectivity index (χ2v) is 2.14. The summed E-state index contributed by atoms with van der Waals surface area (Å²) in [4.78, 5) is 19.9. The molecule has 0 saturated carbocycles. The molecule has 0 atom stereocenters. The summed E-state index contributed by atoms with van der Waals surface area (Å²) in [7, 11) is 0. The van der Waals surface area contributed by atoms with Crippen LogP contribution in [0.3, 0.4) is 0 Å². The number of rotatable bonds is 7. The first-order valence-corrected chi connectivity index (χ1v) is 3.48. The highest BCUT2D eigenvalue weighted by Gasteiger charge is 1.95. The smallest absolute Gasteiger partial charge is 0.317 e. The van der Waals surface area contributed by atoms with Crippen molar-refractivity contribution in [1.82, 2.24) is 10.6 Å². The van der Waals surface area contributed by atoms with Gasteiger partial charge in [-0.3, -0.25) is 9.59 Å². The Kier molecular flexibility index (Phi) is 10.4. The third-order valence-corrected chi connectivity index (χ3v) is 1.03. The number of halogens is 1. The van der Waals surface area contributed by atoms with E-state index in [0.29, 0.717) is 13.1 Å². The Hall–Kier alpha value is -0.850. The predicted octanol–water partition coefficient (Wildman–Crippen LogP) is -1.24. The van der Waals surface area contributed by atoms with Crippen molar-refractivity contribution in [3.05, 3.63) is 0 Å².